The zero-order chi connectivity index (χ0) is 11.4. The SMILES string of the molecule is Clc1ccc(COCC2CCNC2)cc1Cl. The molecule has 0 radical (unpaired) electrons. The maximum atomic E-state index is 5.92. The van der Waals surface area contributed by atoms with Crippen LogP contribution in [0.2, 0.25) is 10.0 Å². The molecular formula is C12H15Cl2NO. The van der Waals surface area contributed by atoms with Crippen LogP contribution in [0, 0.1) is 5.92 Å². The average Bonchev–Trinajstić information content (AvgIpc) is 2.76. The highest BCUT2D eigenvalue weighted by molar-refractivity contribution is 6.41. The van der Waals surface area contributed by atoms with Gasteiger partial charge in [0.2, 0.25) is 0 Å². The molecule has 1 atom stereocenters. The average molecular weight is 260 g/mol. The summed E-state index contributed by atoms with van der Waals surface area (Å²) in [5.41, 5.74) is 1.07. The summed E-state index contributed by atoms with van der Waals surface area (Å²) in [6.07, 6.45) is 1.21. The molecule has 0 bridgehead atoms. The summed E-state index contributed by atoms with van der Waals surface area (Å²) in [6.45, 7) is 3.60. The van der Waals surface area contributed by atoms with Gasteiger partial charge in [0.1, 0.15) is 0 Å². The van der Waals surface area contributed by atoms with E-state index >= 15 is 0 Å². The lowest BCUT2D eigenvalue weighted by Gasteiger charge is -2.09. The van der Waals surface area contributed by atoms with Gasteiger partial charge in [0.15, 0.2) is 0 Å². The highest BCUT2D eigenvalue weighted by Crippen LogP contribution is 2.23. The van der Waals surface area contributed by atoms with Gasteiger partial charge in [0, 0.05) is 6.54 Å². The van der Waals surface area contributed by atoms with E-state index < -0.39 is 0 Å². The number of benzene rings is 1. The van der Waals surface area contributed by atoms with E-state index in [1.165, 1.54) is 6.42 Å². The highest BCUT2D eigenvalue weighted by Gasteiger charge is 2.14. The van der Waals surface area contributed by atoms with E-state index in [4.69, 9.17) is 27.9 Å². The lowest BCUT2D eigenvalue weighted by Crippen LogP contribution is -2.13. The smallest absolute Gasteiger partial charge is 0.0717 e. The molecule has 1 aromatic carbocycles. The molecule has 0 aromatic heterocycles. The molecule has 2 nitrogen and oxygen atoms in total. The van der Waals surface area contributed by atoms with E-state index in [2.05, 4.69) is 5.32 Å². The van der Waals surface area contributed by atoms with Crippen molar-refractivity contribution in [2.75, 3.05) is 19.7 Å². The molecule has 0 aliphatic carbocycles. The van der Waals surface area contributed by atoms with Gasteiger partial charge in [-0.1, -0.05) is 29.3 Å². The molecule has 1 aromatic rings. The summed E-state index contributed by atoms with van der Waals surface area (Å²) < 4.78 is 5.66. The van der Waals surface area contributed by atoms with Crippen LogP contribution in [-0.4, -0.2) is 19.7 Å². The van der Waals surface area contributed by atoms with Gasteiger partial charge in [-0.25, -0.2) is 0 Å². The lowest BCUT2D eigenvalue weighted by molar-refractivity contribution is 0.0925. The maximum Gasteiger partial charge on any atom is 0.0717 e. The second kappa shape index (κ2) is 5.87. The van der Waals surface area contributed by atoms with Crippen molar-refractivity contribution in [2.45, 2.75) is 13.0 Å². The van der Waals surface area contributed by atoms with Crippen molar-refractivity contribution in [3.63, 3.8) is 0 Å². The van der Waals surface area contributed by atoms with Crippen molar-refractivity contribution in [3.05, 3.63) is 33.8 Å². The second-order valence-corrected chi connectivity index (χ2v) is 4.94. The van der Waals surface area contributed by atoms with E-state index in [0.717, 1.165) is 25.3 Å². The molecule has 0 amide bonds. The van der Waals surface area contributed by atoms with E-state index in [1.54, 1.807) is 6.07 Å². The van der Waals surface area contributed by atoms with Crippen LogP contribution in [0.4, 0.5) is 0 Å². The molecule has 2 rings (SSSR count). The van der Waals surface area contributed by atoms with Crippen LogP contribution >= 0.6 is 23.2 Å². The first-order valence-electron chi connectivity index (χ1n) is 5.48. The molecule has 1 unspecified atom stereocenters. The molecule has 88 valence electrons. The van der Waals surface area contributed by atoms with E-state index in [9.17, 15) is 0 Å². The molecular weight excluding hydrogens is 245 g/mol. The van der Waals surface area contributed by atoms with Gasteiger partial charge in [-0.3, -0.25) is 0 Å². The molecule has 0 saturated carbocycles. The Kier molecular flexibility index (Phi) is 4.47. The van der Waals surface area contributed by atoms with Crippen molar-refractivity contribution in [2.24, 2.45) is 5.92 Å². The second-order valence-electron chi connectivity index (χ2n) is 4.12. The summed E-state index contributed by atoms with van der Waals surface area (Å²) in [7, 11) is 0. The normalized spacial score (nSPS) is 20.2. The Hall–Kier alpha value is -0.280. The summed E-state index contributed by atoms with van der Waals surface area (Å²) in [4.78, 5) is 0. The molecule has 4 heteroatoms. The van der Waals surface area contributed by atoms with Gasteiger partial charge in [-0.2, -0.15) is 0 Å². The van der Waals surface area contributed by atoms with Crippen LogP contribution in [0.1, 0.15) is 12.0 Å². The number of rotatable bonds is 4. The predicted molar refractivity (Wildman–Crippen MR) is 67.1 cm³/mol. The Morgan fingerprint density at radius 1 is 1.31 bits per heavy atom. The summed E-state index contributed by atoms with van der Waals surface area (Å²) >= 11 is 11.8. The van der Waals surface area contributed by atoms with Gasteiger partial charge < -0.3 is 10.1 Å². The molecule has 1 fully saturated rings. The van der Waals surface area contributed by atoms with Crippen molar-refractivity contribution in [1.82, 2.24) is 5.32 Å². The minimum Gasteiger partial charge on any atom is -0.376 e. The topological polar surface area (TPSA) is 21.3 Å². The van der Waals surface area contributed by atoms with Crippen molar-refractivity contribution < 1.29 is 4.74 Å². The molecule has 16 heavy (non-hydrogen) atoms. The number of nitrogens with one attached hydrogen (secondary N) is 1. The monoisotopic (exact) mass is 259 g/mol. The van der Waals surface area contributed by atoms with Crippen molar-refractivity contribution >= 4 is 23.2 Å². The number of hydrogen-bond donors (Lipinski definition) is 1. The molecule has 1 aliphatic heterocycles. The lowest BCUT2D eigenvalue weighted by atomic mass is 10.1. The number of halogens is 2. The van der Waals surface area contributed by atoms with Gasteiger partial charge >= 0.3 is 0 Å². The standard InChI is InChI=1S/C12H15Cl2NO/c13-11-2-1-9(5-12(11)14)7-16-8-10-3-4-15-6-10/h1-2,5,10,15H,3-4,6-8H2. The largest absolute Gasteiger partial charge is 0.376 e. The zero-order valence-electron chi connectivity index (χ0n) is 9.01. The third-order valence-electron chi connectivity index (χ3n) is 2.77. The van der Waals surface area contributed by atoms with Gasteiger partial charge in [-0.05, 0) is 36.6 Å². The number of hydrogen-bond acceptors (Lipinski definition) is 2. The minimum absolute atomic E-state index is 0.588. The molecule has 0 spiro atoms. The highest BCUT2D eigenvalue weighted by atomic mass is 35.5. The van der Waals surface area contributed by atoms with Gasteiger partial charge in [0.05, 0.1) is 23.3 Å². The van der Waals surface area contributed by atoms with Crippen LogP contribution in [0.5, 0.6) is 0 Å². The summed E-state index contributed by atoms with van der Waals surface area (Å²) in [5, 5.41) is 4.50. The van der Waals surface area contributed by atoms with E-state index in [0.29, 0.717) is 22.6 Å². The fourth-order valence-corrected chi connectivity index (χ4v) is 2.15. The fraction of sp³-hybridized carbons (Fsp3) is 0.500. The molecule has 1 saturated heterocycles. The van der Waals surface area contributed by atoms with Gasteiger partial charge in [-0.15, -0.1) is 0 Å². The first-order chi connectivity index (χ1) is 7.75. The third-order valence-corrected chi connectivity index (χ3v) is 3.51. The molecule has 1 heterocycles. The Bertz CT molecular complexity index is 351. The zero-order valence-corrected chi connectivity index (χ0v) is 10.5. The number of ether oxygens (including phenoxy) is 1. The Labute approximate surface area is 106 Å². The molecule has 1 aliphatic rings. The maximum absolute atomic E-state index is 5.92. The van der Waals surface area contributed by atoms with Crippen LogP contribution in [0.3, 0.4) is 0 Å². The van der Waals surface area contributed by atoms with Crippen LogP contribution < -0.4 is 5.32 Å². The Morgan fingerprint density at radius 3 is 2.88 bits per heavy atom. The van der Waals surface area contributed by atoms with Crippen molar-refractivity contribution in [3.8, 4) is 0 Å². The Morgan fingerprint density at radius 2 is 2.19 bits per heavy atom. The fourth-order valence-electron chi connectivity index (χ4n) is 1.83. The quantitative estimate of drug-likeness (QED) is 0.898. The minimum atomic E-state index is 0.588. The molecule has 1 N–H and O–H groups in total. The first-order valence-corrected chi connectivity index (χ1v) is 6.23. The summed E-state index contributed by atoms with van der Waals surface area (Å²) in [6, 6.07) is 5.61. The first kappa shape index (κ1) is 12.2. The summed E-state index contributed by atoms with van der Waals surface area (Å²) in [5.74, 6) is 0.655. The van der Waals surface area contributed by atoms with Crippen molar-refractivity contribution in [1.29, 1.82) is 0 Å². The Balaban J connectivity index is 1.78. The van der Waals surface area contributed by atoms with Crippen LogP contribution in [-0.2, 0) is 11.3 Å². The van der Waals surface area contributed by atoms with E-state index in [-0.39, 0.29) is 0 Å². The van der Waals surface area contributed by atoms with Gasteiger partial charge in [0.25, 0.3) is 0 Å². The van der Waals surface area contributed by atoms with Crippen LogP contribution in [0.15, 0.2) is 18.2 Å². The predicted octanol–water partition coefficient (Wildman–Crippen LogP) is 3.12. The van der Waals surface area contributed by atoms with E-state index in [1.807, 2.05) is 12.1 Å². The van der Waals surface area contributed by atoms with Crippen LogP contribution in [0.25, 0.3) is 0 Å². The third kappa shape index (κ3) is 3.36.